The molecule has 0 aromatic heterocycles. The molecule has 1 unspecified atom stereocenters. The van der Waals surface area contributed by atoms with E-state index in [2.05, 4.69) is 5.32 Å². The predicted octanol–water partition coefficient (Wildman–Crippen LogP) is 5.47. The fourth-order valence-electron chi connectivity index (χ4n) is 2.37. The van der Waals surface area contributed by atoms with Crippen molar-refractivity contribution in [3.63, 3.8) is 0 Å². The topological polar surface area (TPSA) is 55.4 Å². The number of amides is 1. The van der Waals surface area contributed by atoms with Crippen LogP contribution in [-0.2, 0) is 4.79 Å². The standard InChI is InChI=1S/C20H22FNO3.C2H6/c1-4-13(2)11-19(23)22-18-10-7-15(21)12-17(18)20(24)14-5-8-16(25-3)9-6-14;1-2/h5-10,12-13H,4,11H2,1-3H3,(H,22,23);1-2H3. The zero-order chi connectivity index (χ0) is 20.4. The van der Waals surface area contributed by atoms with Crippen LogP contribution in [0.4, 0.5) is 10.1 Å². The summed E-state index contributed by atoms with van der Waals surface area (Å²) in [5.74, 6) is -0.221. The number of ether oxygens (including phenoxy) is 1. The number of hydrogen-bond acceptors (Lipinski definition) is 3. The first-order valence-electron chi connectivity index (χ1n) is 9.22. The van der Waals surface area contributed by atoms with Gasteiger partial charge in [-0.1, -0.05) is 34.1 Å². The maximum absolute atomic E-state index is 13.7. The van der Waals surface area contributed by atoms with E-state index in [1.165, 1.54) is 19.2 Å². The number of hydrogen-bond donors (Lipinski definition) is 1. The minimum absolute atomic E-state index is 0.127. The van der Waals surface area contributed by atoms with Crippen molar-refractivity contribution in [3.8, 4) is 5.75 Å². The molecular weight excluding hydrogens is 345 g/mol. The molecule has 0 spiro atoms. The minimum atomic E-state index is -0.531. The molecule has 27 heavy (non-hydrogen) atoms. The summed E-state index contributed by atoms with van der Waals surface area (Å²) in [7, 11) is 1.54. The van der Waals surface area contributed by atoms with E-state index >= 15 is 0 Å². The van der Waals surface area contributed by atoms with Crippen LogP contribution < -0.4 is 10.1 Å². The molecule has 0 radical (unpaired) electrons. The van der Waals surface area contributed by atoms with Gasteiger partial charge in [0.1, 0.15) is 11.6 Å². The van der Waals surface area contributed by atoms with Crippen LogP contribution in [0.15, 0.2) is 42.5 Å². The number of benzene rings is 2. The van der Waals surface area contributed by atoms with Crippen LogP contribution in [0.3, 0.4) is 0 Å². The number of halogens is 1. The number of carbonyl (C=O) groups excluding carboxylic acids is 2. The predicted molar refractivity (Wildman–Crippen MR) is 107 cm³/mol. The Labute approximate surface area is 160 Å². The van der Waals surface area contributed by atoms with Crippen LogP contribution >= 0.6 is 0 Å². The number of rotatable bonds is 7. The van der Waals surface area contributed by atoms with E-state index in [9.17, 15) is 14.0 Å². The third-order valence-electron chi connectivity index (χ3n) is 4.08. The zero-order valence-corrected chi connectivity index (χ0v) is 16.6. The Balaban J connectivity index is 0.00000176. The highest BCUT2D eigenvalue weighted by Gasteiger charge is 2.17. The molecule has 0 aliphatic heterocycles. The molecule has 0 fully saturated rings. The van der Waals surface area contributed by atoms with Gasteiger partial charge in [0.2, 0.25) is 5.91 Å². The first-order valence-corrected chi connectivity index (χ1v) is 9.22. The number of ketones is 1. The van der Waals surface area contributed by atoms with Gasteiger partial charge < -0.3 is 10.1 Å². The van der Waals surface area contributed by atoms with Crippen molar-refractivity contribution in [1.29, 1.82) is 0 Å². The second-order valence-electron chi connectivity index (χ2n) is 6.01. The van der Waals surface area contributed by atoms with E-state index in [4.69, 9.17) is 4.74 Å². The van der Waals surface area contributed by atoms with Gasteiger partial charge in [0.15, 0.2) is 5.78 Å². The highest BCUT2D eigenvalue weighted by molar-refractivity contribution is 6.13. The molecule has 0 saturated carbocycles. The van der Waals surface area contributed by atoms with Gasteiger partial charge in [-0.25, -0.2) is 4.39 Å². The van der Waals surface area contributed by atoms with Crippen molar-refractivity contribution in [2.45, 2.75) is 40.5 Å². The maximum atomic E-state index is 13.7. The molecule has 1 N–H and O–H groups in total. The molecule has 2 rings (SSSR count). The summed E-state index contributed by atoms with van der Waals surface area (Å²) in [5.41, 5.74) is 0.835. The quantitative estimate of drug-likeness (QED) is 0.655. The Kier molecular flexibility index (Phi) is 9.20. The highest BCUT2D eigenvalue weighted by atomic mass is 19.1. The van der Waals surface area contributed by atoms with Crippen molar-refractivity contribution in [2.24, 2.45) is 5.92 Å². The van der Waals surface area contributed by atoms with Crippen molar-refractivity contribution >= 4 is 17.4 Å². The van der Waals surface area contributed by atoms with E-state index in [1.807, 2.05) is 27.7 Å². The molecule has 2 aromatic carbocycles. The minimum Gasteiger partial charge on any atom is -0.497 e. The van der Waals surface area contributed by atoms with Gasteiger partial charge in [-0.15, -0.1) is 0 Å². The summed E-state index contributed by atoms with van der Waals surface area (Å²) in [6.07, 6.45) is 1.23. The lowest BCUT2D eigenvalue weighted by molar-refractivity contribution is -0.117. The summed E-state index contributed by atoms with van der Waals surface area (Å²) in [6.45, 7) is 7.99. The van der Waals surface area contributed by atoms with Crippen molar-refractivity contribution in [2.75, 3.05) is 12.4 Å². The summed E-state index contributed by atoms with van der Waals surface area (Å²) in [6, 6.07) is 10.3. The summed E-state index contributed by atoms with van der Waals surface area (Å²) < 4.78 is 18.7. The normalized spacial score (nSPS) is 11.0. The second-order valence-corrected chi connectivity index (χ2v) is 6.01. The van der Waals surface area contributed by atoms with Crippen molar-refractivity contribution in [1.82, 2.24) is 0 Å². The van der Waals surface area contributed by atoms with Gasteiger partial charge in [-0.3, -0.25) is 9.59 Å². The van der Waals surface area contributed by atoms with Crippen LogP contribution in [0.5, 0.6) is 5.75 Å². The molecule has 4 nitrogen and oxygen atoms in total. The van der Waals surface area contributed by atoms with E-state index in [-0.39, 0.29) is 23.2 Å². The number of anilines is 1. The molecule has 0 aliphatic carbocycles. The Bertz CT molecular complexity index is 757. The highest BCUT2D eigenvalue weighted by Crippen LogP contribution is 2.23. The average Bonchev–Trinajstić information content (AvgIpc) is 2.70. The van der Waals surface area contributed by atoms with Gasteiger partial charge in [0, 0.05) is 17.5 Å². The van der Waals surface area contributed by atoms with Crippen molar-refractivity contribution in [3.05, 3.63) is 59.4 Å². The Morgan fingerprint density at radius 3 is 2.30 bits per heavy atom. The van der Waals surface area contributed by atoms with E-state index in [0.29, 0.717) is 23.4 Å². The Morgan fingerprint density at radius 2 is 1.74 bits per heavy atom. The Hall–Kier alpha value is -2.69. The lowest BCUT2D eigenvalue weighted by Crippen LogP contribution is -2.17. The third kappa shape index (κ3) is 6.51. The van der Waals surface area contributed by atoms with Gasteiger partial charge in [-0.2, -0.15) is 0 Å². The molecule has 0 heterocycles. The molecule has 0 aliphatic rings. The smallest absolute Gasteiger partial charge is 0.224 e. The first-order chi connectivity index (χ1) is 12.9. The van der Waals surface area contributed by atoms with E-state index in [0.717, 1.165) is 12.5 Å². The van der Waals surface area contributed by atoms with Crippen molar-refractivity contribution < 1.29 is 18.7 Å². The largest absolute Gasteiger partial charge is 0.497 e. The van der Waals surface area contributed by atoms with Gasteiger partial charge in [0.25, 0.3) is 0 Å². The summed E-state index contributed by atoms with van der Waals surface area (Å²) in [5, 5.41) is 2.73. The van der Waals surface area contributed by atoms with E-state index in [1.54, 1.807) is 24.3 Å². The van der Waals surface area contributed by atoms with Gasteiger partial charge in [-0.05, 0) is 48.4 Å². The number of methoxy groups -OCH3 is 1. The first kappa shape index (κ1) is 22.4. The second kappa shape index (κ2) is 11.1. The summed E-state index contributed by atoms with van der Waals surface area (Å²) in [4.78, 5) is 24.8. The zero-order valence-electron chi connectivity index (χ0n) is 16.6. The fourth-order valence-corrected chi connectivity index (χ4v) is 2.37. The molecule has 0 saturated heterocycles. The van der Waals surface area contributed by atoms with Crippen LogP contribution in [0.2, 0.25) is 0 Å². The number of nitrogens with one attached hydrogen (secondary N) is 1. The summed E-state index contributed by atoms with van der Waals surface area (Å²) >= 11 is 0. The Morgan fingerprint density at radius 1 is 1.11 bits per heavy atom. The molecule has 1 amide bonds. The lowest BCUT2D eigenvalue weighted by atomic mass is 10.0. The molecular formula is C22H28FNO3. The molecule has 1 atom stereocenters. The maximum Gasteiger partial charge on any atom is 0.224 e. The fraction of sp³-hybridized carbons (Fsp3) is 0.364. The van der Waals surface area contributed by atoms with Crippen LogP contribution in [-0.4, -0.2) is 18.8 Å². The van der Waals surface area contributed by atoms with Crippen LogP contribution in [0.1, 0.15) is 56.5 Å². The monoisotopic (exact) mass is 373 g/mol. The number of carbonyl (C=O) groups is 2. The van der Waals surface area contributed by atoms with Crippen LogP contribution in [0.25, 0.3) is 0 Å². The molecule has 5 heteroatoms. The van der Waals surface area contributed by atoms with E-state index < -0.39 is 5.82 Å². The molecule has 2 aromatic rings. The van der Waals surface area contributed by atoms with Gasteiger partial charge in [0.05, 0.1) is 12.8 Å². The average molecular weight is 373 g/mol. The van der Waals surface area contributed by atoms with Gasteiger partial charge >= 0.3 is 0 Å². The SMILES string of the molecule is CC.CCC(C)CC(=O)Nc1ccc(F)cc1C(=O)c1ccc(OC)cc1. The molecule has 146 valence electrons. The molecule has 0 bridgehead atoms. The van der Waals surface area contributed by atoms with Crippen LogP contribution in [0, 0.1) is 11.7 Å². The lowest BCUT2D eigenvalue weighted by Gasteiger charge is -2.13. The third-order valence-corrected chi connectivity index (χ3v) is 4.08.